The SMILES string of the molecule is CCc1ccc(-c2nc(SC)[nH]c(=O)c2C#N)cc1[N+](=O)[O-]. The van der Waals surface area contributed by atoms with Crippen LogP contribution in [0.15, 0.2) is 28.2 Å². The van der Waals surface area contributed by atoms with Gasteiger partial charge < -0.3 is 4.98 Å². The Balaban J connectivity index is 2.74. The van der Waals surface area contributed by atoms with Crippen molar-refractivity contribution in [3.63, 3.8) is 0 Å². The molecule has 8 heteroatoms. The Labute approximate surface area is 130 Å². The Kier molecular flexibility index (Phi) is 4.58. The van der Waals surface area contributed by atoms with Gasteiger partial charge in [0.25, 0.3) is 11.2 Å². The summed E-state index contributed by atoms with van der Waals surface area (Å²) >= 11 is 1.22. The summed E-state index contributed by atoms with van der Waals surface area (Å²) in [6, 6.07) is 6.42. The van der Waals surface area contributed by atoms with E-state index in [1.54, 1.807) is 24.5 Å². The zero-order valence-electron chi connectivity index (χ0n) is 11.9. The molecule has 1 heterocycles. The lowest BCUT2D eigenvalue weighted by atomic mass is 10.0. The van der Waals surface area contributed by atoms with Gasteiger partial charge in [0.1, 0.15) is 11.6 Å². The standard InChI is InChI=1S/C14H12N4O3S/c1-3-8-4-5-9(6-11(8)18(20)21)12-10(7-15)13(19)17-14(16-12)22-2/h4-6H,3H2,1-2H3,(H,16,17,19). The van der Waals surface area contributed by atoms with E-state index >= 15 is 0 Å². The summed E-state index contributed by atoms with van der Waals surface area (Å²) in [7, 11) is 0. The van der Waals surface area contributed by atoms with Crippen molar-refractivity contribution in [3.8, 4) is 17.3 Å². The van der Waals surface area contributed by atoms with Gasteiger partial charge in [0.2, 0.25) is 0 Å². The molecule has 1 aromatic carbocycles. The number of H-pyrrole nitrogens is 1. The summed E-state index contributed by atoms with van der Waals surface area (Å²) in [5.41, 5.74) is 0.359. The minimum absolute atomic E-state index is 0.0447. The van der Waals surface area contributed by atoms with E-state index in [9.17, 15) is 14.9 Å². The monoisotopic (exact) mass is 316 g/mol. The number of nitrogens with one attached hydrogen (secondary N) is 1. The molecule has 0 amide bonds. The summed E-state index contributed by atoms with van der Waals surface area (Å²) in [6.45, 7) is 1.82. The zero-order chi connectivity index (χ0) is 16.3. The third kappa shape index (κ3) is 2.84. The second-order valence-corrected chi connectivity index (χ2v) is 5.16. The second-order valence-electron chi connectivity index (χ2n) is 4.36. The van der Waals surface area contributed by atoms with Crippen LogP contribution >= 0.6 is 11.8 Å². The number of nitro benzene ring substituents is 1. The molecule has 0 aliphatic carbocycles. The molecule has 2 aromatic rings. The molecular weight excluding hydrogens is 304 g/mol. The predicted molar refractivity (Wildman–Crippen MR) is 82.8 cm³/mol. The summed E-state index contributed by atoms with van der Waals surface area (Å²) in [5, 5.41) is 20.7. The zero-order valence-corrected chi connectivity index (χ0v) is 12.7. The van der Waals surface area contributed by atoms with E-state index in [0.29, 0.717) is 22.7 Å². The molecule has 0 atom stereocenters. The minimum atomic E-state index is -0.556. The van der Waals surface area contributed by atoms with Crippen molar-refractivity contribution >= 4 is 17.4 Å². The minimum Gasteiger partial charge on any atom is -0.300 e. The lowest BCUT2D eigenvalue weighted by molar-refractivity contribution is -0.385. The molecule has 0 bridgehead atoms. The molecule has 22 heavy (non-hydrogen) atoms. The molecule has 0 aliphatic rings. The fourth-order valence-electron chi connectivity index (χ4n) is 2.04. The van der Waals surface area contributed by atoms with Crippen LogP contribution in [0.5, 0.6) is 0 Å². The Hall–Kier alpha value is -2.66. The van der Waals surface area contributed by atoms with Crippen molar-refractivity contribution in [1.82, 2.24) is 9.97 Å². The average molecular weight is 316 g/mol. The number of hydrogen-bond acceptors (Lipinski definition) is 6. The van der Waals surface area contributed by atoms with Crippen LogP contribution in [0.1, 0.15) is 18.1 Å². The number of nitriles is 1. The van der Waals surface area contributed by atoms with E-state index in [4.69, 9.17) is 5.26 Å². The molecule has 0 fully saturated rings. The van der Waals surface area contributed by atoms with Crippen LogP contribution in [0.3, 0.4) is 0 Å². The number of thioether (sulfide) groups is 1. The Morgan fingerprint density at radius 3 is 2.77 bits per heavy atom. The van der Waals surface area contributed by atoms with Crippen LogP contribution in [0.2, 0.25) is 0 Å². The molecule has 0 aliphatic heterocycles. The van der Waals surface area contributed by atoms with Gasteiger partial charge in [-0.3, -0.25) is 14.9 Å². The first-order valence-electron chi connectivity index (χ1n) is 6.37. The van der Waals surface area contributed by atoms with Crippen LogP contribution in [-0.4, -0.2) is 21.1 Å². The maximum absolute atomic E-state index is 11.9. The molecule has 1 N–H and O–H groups in total. The molecule has 0 saturated heterocycles. The number of benzene rings is 1. The van der Waals surface area contributed by atoms with Crippen LogP contribution in [0, 0.1) is 21.4 Å². The van der Waals surface area contributed by atoms with E-state index in [1.165, 1.54) is 17.8 Å². The van der Waals surface area contributed by atoms with Crippen molar-refractivity contribution in [1.29, 1.82) is 5.26 Å². The first kappa shape index (κ1) is 15.7. The Morgan fingerprint density at radius 1 is 1.50 bits per heavy atom. The quantitative estimate of drug-likeness (QED) is 0.401. The van der Waals surface area contributed by atoms with Crippen molar-refractivity contribution in [2.24, 2.45) is 0 Å². The van der Waals surface area contributed by atoms with Gasteiger partial charge in [0.05, 0.1) is 10.6 Å². The fraction of sp³-hybridized carbons (Fsp3) is 0.214. The van der Waals surface area contributed by atoms with E-state index in [1.807, 2.05) is 6.92 Å². The van der Waals surface area contributed by atoms with E-state index in [-0.39, 0.29) is 16.9 Å². The molecule has 0 spiro atoms. The van der Waals surface area contributed by atoms with E-state index < -0.39 is 10.5 Å². The van der Waals surface area contributed by atoms with Gasteiger partial charge >= 0.3 is 0 Å². The van der Waals surface area contributed by atoms with Crippen LogP contribution < -0.4 is 5.56 Å². The highest BCUT2D eigenvalue weighted by Gasteiger charge is 2.18. The predicted octanol–water partition coefficient (Wildman–Crippen LogP) is 2.50. The number of aryl methyl sites for hydroxylation is 1. The second kappa shape index (κ2) is 6.41. The fourth-order valence-corrected chi connectivity index (χ4v) is 2.42. The molecule has 2 rings (SSSR count). The van der Waals surface area contributed by atoms with E-state index in [2.05, 4.69) is 9.97 Å². The largest absolute Gasteiger partial charge is 0.300 e. The number of nitrogens with zero attached hydrogens (tertiary/aromatic N) is 3. The number of nitro groups is 1. The van der Waals surface area contributed by atoms with Gasteiger partial charge in [0.15, 0.2) is 5.16 Å². The van der Waals surface area contributed by atoms with Crippen LogP contribution in [-0.2, 0) is 6.42 Å². The molecular formula is C14H12N4O3S. The summed E-state index contributed by atoms with van der Waals surface area (Å²) in [6.07, 6.45) is 2.25. The van der Waals surface area contributed by atoms with Crippen LogP contribution in [0.25, 0.3) is 11.3 Å². The Morgan fingerprint density at radius 2 is 2.23 bits per heavy atom. The number of hydrogen-bond donors (Lipinski definition) is 1. The molecule has 0 unspecified atom stereocenters. The Bertz CT molecular complexity index is 839. The van der Waals surface area contributed by atoms with Crippen LogP contribution in [0.4, 0.5) is 5.69 Å². The third-order valence-electron chi connectivity index (χ3n) is 3.14. The highest BCUT2D eigenvalue weighted by Crippen LogP contribution is 2.28. The molecule has 1 aromatic heterocycles. The highest BCUT2D eigenvalue weighted by molar-refractivity contribution is 7.98. The molecule has 0 radical (unpaired) electrons. The van der Waals surface area contributed by atoms with Gasteiger partial charge in [-0.15, -0.1) is 0 Å². The summed E-state index contributed by atoms with van der Waals surface area (Å²) in [4.78, 5) is 29.3. The lowest BCUT2D eigenvalue weighted by Gasteiger charge is -2.07. The first-order chi connectivity index (χ1) is 10.5. The maximum atomic E-state index is 11.9. The van der Waals surface area contributed by atoms with Gasteiger partial charge in [-0.1, -0.05) is 30.8 Å². The lowest BCUT2D eigenvalue weighted by Crippen LogP contribution is -2.14. The van der Waals surface area contributed by atoms with Crippen molar-refractivity contribution < 1.29 is 4.92 Å². The van der Waals surface area contributed by atoms with Gasteiger partial charge in [0, 0.05) is 17.2 Å². The van der Waals surface area contributed by atoms with Crippen molar-refractivity contribution in [3.05, 3.63) is 49.8 Å². The highest BCUT2D eigenvalue weighted by atomic mass is 32.2. The van der Waals surface area contributed by atoms with Gasteiger partial charge in [-0.2, -0.15) is 5.26 Å². The van der Waals surface area contributed by atoms with Crippen molar-refractivity contribution in [2.45, 2.75) is 18.5 Å². The number of rotatable bonds is 4. The summed E-state index contributed by atoms with van der Waals surface area (Å²) in [5.74, 6) is 0. The first-order valence-corrected chi connectivity index (χ1v) is 7.60. The van der Waals surface area contributed by atoms with Gasteiger partial charge in [-0.05, 0) is 12.7 Å². The average Bonchev–Trinajstić information content (AvgIpc) is 2.53. The third-order valence-corrected chi connectivity index (χ3v) is 3.72. The van der Waals surface area contributed by atoms with Crippen molar-refractivity contribution in [2.75, 3.05) is 6.26 Å². The molecule has 0 saturated carbocycles. The smallest absolute Gasteiger partial charge is 0.273 e. The normalized spacial score (nSPS) is 10.2. The summed E-state index contributed by atoms with van der Waals surface area (Å²) < 4.78 is 0. The van der Waals surface area contributed by atoms with Gasteiger partial charge in [-0.25, -0.2) is 4.98 Å². The molecule has 7 nitrogen and oxygen atoms in total. The van der Waals surface area contributed by atoms with E-state index in [0.717, 1.165) is 0 Å². The topological polar surface area (TPSA) is 113 Å². The maximum Gasteiger partial charge on any atom is 0.273 e. The number of aromatic amines is 1. The number of aromatic nitrogens is 2. The molecule has 112 valence electrons.